The minimum atomic E-state index is -0.0528. The third-order valence-corrected chi connectivity index (χ3v) is 3.64. The van der Waals surface area contributed by atoms with Crippen molar-refractivity contribution in [1.82, 2.24) is 10.3 Å². The van der Waals surface area contributed by atoms with E-state index < -0.39 is 0 Å². The number of nitrogens with one attached hydrogen (secondary N) is 1. The molecule has 2 atom stereocenters. The first-order chi connectivity index (χ1) is 8.68. The van der Waals surface area contributed by atoms with Crippen LogP contribution in [-0.4, -0.2) is 23.0 Å². The van der Waals surface area contributed by atoms with E-state index in [9.17, 15) is 4.79 Å². The minimum Gasteiger partial charge on any atom is -0.348 e. The highest BCUT2D eigenvalue weighted by molar-refractivity contribution is 5.95. The summed E-state index contributed by atoms with van der Waals surface area (Å²) in [6, 6.07) is 3.77. The molecular weight excluding hydrogens is 226 g/mol. The van der Waals surface area contributed by atoms with Gasteiger partial charge in [-0.25, -0.2) is 0 Å². The van der Waals surface area contributed by atoms with Crippen LogP contribution in [0.2, 0.25) is 0 Å². The lowest BCUT2D eigenvalue weighted by Crippen LogP contribution is -2.47. The zero-order chi connectivity index (χ0) is 13.0. The van der Waals surface area contributed by atoms with Gasteiger partial charge in [-0.2, -0.15) is 0 Å². The molecule has 0 bridgehead atoms. The summed E-state index contributed by atoms with van der Waals surface area (Å²) in [6.45, 7) is 1.85. The highest BCUT2D eigenvalue weighted by atomic mass is 16.1. The molecule has 2 unspecified atom stereocenters. The molecule has 0 saturated heterocycles. The van der Waals surface area contributed by atoms with Crippen molar-refractivity contribution in [3.8, 4) is 0 Å². The van der Waals surface area contributed by atoms with Crippen molar-refractivity contribution in [3.05, 3.63) is 29.6 Å². The summed E-state index contributed by atoms with van der Waals surface area (Å²) in [5, 5.41) is 3.06. The maximum absolute atomic E-state index is 12.2. The SMILES string of the molecule is Cc1ncccc1C(=O)NC1CCCCCC1N. The number of nitrogens with two attached hydrogens (primary N) is 1. The second kappa shape index (κ2) is 5.96. The summed E-state index contributed by atoms with van der Waals surface area (Å²) in [4.78, 5) is 16.3. The Morgan fingerprint density at radius 1 is 1.39 bits per heavy atom. The Hall–Kier alpha value is -1.42. The van der Waals surface area contributed by atoms with Crippen molar-refractivity contribution in [3.63, 3.8) is 0 Å². The average molecular weight is 247 g/mol. The number of amides is 1. The monoisotopic (exact) mass is 247 g/mol. The zero-order valence-electron chi connectivity index (χ0n) is 10.9. The van der Waals surface area contributed by atoms with Crippen LogP contribution in [0.1, 0.15) is 48.2 Å². The van der Waals surface area contributed by atoms with Crippen molar-refractivity contribution in [2.24, 2.45) is 5.73 Å². The molecule has 0 radical (unpaired) electrons. The Balaban J connectivity index is 2.04. The molecule has 1 aromatic heterocycles. The van der Waals surface area contributed by atoms with Crippen molar-refractivity contribution in [2.45, 2.75) is 51.1 Å². The van der Waals surface area contributed by atoms with Crippen LogP contribution < -0.4 is 11.1 Å². The molecule has 4 nitrogen and oxygen atoms in total. The fourth-order valence-electron chi connectivity index (χ4n) is 2.49. The van der Waals surface area contributed by atoms with Crippen LogP contribution in [0.5, 0.6) is 0 Å². The highest BCUT2D eigenvalue weighted by Gasteiger charge is 2.23. The van der Waals surface area contributed by atoms with E-state index in [1.165, 1.54) is 12.8 Å². The maximum Gasteiger partial charge on any atom is 0.253 e. The predicted octanol–water partition coefficient (Wildman–Crippen LogP) is 1.78. The molecule has 1 heterocycles. The number of carbonyl (C=O) groups is 1. The molecule has 1 fully saturated rings. The third kappa shape index (κ3) is 3.07. The van der Waals surface area contributed by atoms with E-state index in [2.05, 4.69) is 10.3 Å². The van der Waals surface area contributed by atoms with Crippen molar-refractivity contribution >= 4 is 5.91 Å². The van der Waals surface area contributed by atoms with Gasteiger partial charge < -0.3 is 11.1 Å². The maximum atomic E-state index is 12.2. The van der Waals surface area contributed by atoms with E-state index in [0.717, 1.165) is 25.0 Å². The van der Waals surface area contributed by atoms with Gasteiger partial charge in [0.2, 0.25) is 0 Å². The van der Waals surface area contributed by atoms with E-state index in [-0.39, 0.29) is 18.0 Å². The summed E-state index contributed by atoms with van der Waals surface area (Å²) in [5.41, 5.74) is 7.52. The molecule has 0 aliphatic heterocycles. The molecule has 3 N–H and O–H groups in total. The molecule has 1 aliphatic carbocycles. The topological polar surface area (TPSA) is 68.0 Å². The largest absolute Gasteiger partial charge is 0.348 e. The highest BCUT2D eigenvalue weighted by Crippen LogP contribution is 2.17. The first-order valence-corrected chi connectivity index (χ1v) is 6.66. The molecule has 1 aliphatic rings. The van der Waals surface area contributed by atoms with Gasteiger partial charge in [0, 0.05) is 24.0 Å². The van der Waals surface area contributed by atoms with E-state index >= 15 is 0 Å². The molecule has 18 heavy (non-hydrogen) atoms. The van der Waals surface area contributed by atoms with Crippen LogP contribution >= 0.6 is 0 Å². The Bertz CT molecular complexity index is 419. The summed E-state index contributed by atoms with van der Waals surface area (Å²) < 4.78 is 0. The quantitative estimate of drug-likeness (QED) is 0.783. The normalized spacial score (nSPS) is 24.3. The van der Waals surface area contributed by atoms with Crippen LogP contribution in [0, 0.1) is 6.92 Å². The van der Waals surface area contributed by atoms with Crippen LogP contribution in [0.15, 0.2) is 18.3 Å². The Labute approximate surface area is 108 Å². The molecule has 1 aromatic rings. The lowest BCUT2D eigenvalue weighted by atomic mass is 10.0. The predicted molar refractivity (Wildman–Crippen MR) is 71.3 cm³/mol. The van der Waals surface area contributed by atoms with Gasteiger partial charge >= 0.3 is 0 Å². The number of aromatic nitrogens is 1. The molecule has 4 heteroatoms. The van der Waals surface area contributed by atoms with E-state index in [0.29, 0.717) is 5.56 Å². The van der Waals surface area contributed by atoms with Crippen LogP contribution in [0.25, 0.3) is 0 Å². The summed E-state index contributed by atoms with van der Waals surface area (Å²) in [7, 11) is 0. The molecule has 98 valence electrons. The van der Waals surface area contributed by atoms with E-state index in [4.69, 9.17) is 5.73 Å². The number of nitrogens with zero attached hydrogens (tertiary/aromatic N) is 1. The number of pyridine rings is 1. The van der Waals surface area contributed by atoms with E-state index in [1.807, 2.05) is 6.92 Å². The van der Waals surface area contributed by atoms with Gasteiger partial charge in [-0.15, -0.1) is 0 Å². The molecule has 2 rings (SSSR count). The van der Waals surface area contributed by atoms with Gasteiger partial charge in [0.1, 0.15) is 0 Å². The first kappa shape index (κ1) is 13.0. The number of rotatable bonds is 2. The Morgan fingerprint density at radius 2 is 2.17 bits per heavy atom. The Morgan fingerprint density at radius 3 is 2.94 bits per heavy atom. The van der Waals surface area contributed by atoms with Crippen molar-refractivity contribution in [2.75, 3.05) is 0 Å². The molecule has 1 amide bonds. The van der Waals surface area contributed by atoms with Crippen LogP contribution in [0.4, 0.5) is 0 Å². The molecule has 0 spiro atoms. The Kier molecular flexibility index (Phi) is 4.31. The second-order valence-electron chi connectivity index (χ2n) is 5.02. The van der Waals surface area contributed by atoms with Crippen molar-refractivity contribution < 1.29 is 4.79 Å². The smallest absolute Gasteiger partial charge is 0.253 e. The van der Waals surface area contributed by atoms with Gasteiger partial charge in [0.15, 0.2) is 0 Å². The van der Waals surface area contributed by atoms with Crippen molar-refractivity contribution in [1.29, 1.82) is 0 Å². The minimum absolute atomic E-state index is 0.0528. The third-order valence-electron chi connectivity index (χ3n) is 3.64. The second-order valence-corrected chi connectivity index (χ2v) is 5.02. The summed E-state index contributed by atoms with van der Waals surface area (Å²) >= 11 is 0. The van der Waals surface area contributed by atoms with Crippen LogP contribution in [-0.2, 0) is 0 Å². The van der Waals surface area contributed by atoms with Crippen LogP contribution in [0.3, 0.4) is 0 Å². The number of aryl methyl sites for hydroxylation is 1. The summed E-state index contributed by atoms with van der Waals surface area (Å²) in [5.74, 6) is -0.0528. The van der Waals surface area contributed by atoms with Gasteiger partial charge in [-0.3, -0.25) is 9.78 Å². The van der Waals surface area contributed by atoms with Gasteiger partial charge in [0.05, 0.1) is 5.56 Å². The molecule has 1 saturated carbocycles. The number of hydrogen-bond acceptors (Lipinski definition) is 3. The number of carbonyl (C=O) groups excluding carboxylic acids is 1. The lowest BCUT2D eigenvalue weighted by molar-refractivity contribution is 0.0928. The van der Waals surface area contributed by atoms with Gasteiger partial charge in [0.25, 0.3) is 5.91 Å². The first-order valence-electron chi connectivity index (χ1n) is 6.66. The fourth-order valence-corrected chi connectivity index (χ4v) is 2.49. The fraction of sp³-hybridized carbons (Fsp3) is 0.571. The lowest BCUT2D eigenvalue weighted by Gasteiger charge is -2.22. The average Bonchev–Trinajstić information content (AvgIpc) is 2.55. The number of hydrogen-bond donors (Lipinski definition) is 2. The zero-order valence-corrected chi connectivity index (χ0v) is 10.9. The van der Waals surface area contributed by atoms with E-state index in [1.54, 1.807) is 18.3 Å². The summed E-state index contributed by atoms with van der Waals surface area (Å²) in [6.07, 6.45) is 7.20. The molecular formula is C14H21N3O. The van der Waals surface area contributed by atoms with Gasteiger partial charge in [-0.05, 0) is 31.9 Å². The molecule has 0 aromatic carbocycles. The van der Waals surface area contributed by atoms with Gasteiger partial charge in [-0.1, -0.05) is 19.3 Å². The standard InChI is InChI=1S/C14H21N3O/c1-10-11(6-5-9-16-10)14(18)17-13-8-4-2-3-7-12(13)15/h5-6,9,12-13H,2-4,7-8,15H2,1H3,(H,17,18).